The van der Waals surface area contributed by atoms with Crippen molar-refractivity contribution in [2.75, 3.05) is 13.1 Å². The summed E-state index contributed by atoms with van der Waals surface area (Å²) in [6.07, 6.45) is 5.45. The topological polar surface area (TPSA) is 65.2 Å². The smallest absolute Gasteiger partial charge is 0.257 e. The van der Waals surface area contributed by atoms with Crippen molar-refractivity contribution in [1.29, 1.82) is 5.26 Å². The molecule has 2 fully saturated rings. The first kappa shape index (κ1) is 15.9. The number of carbonyl (C=O) groups excluding carboxylic acids is 1. The molecule has 0 bridgehead atoms. The summed E-state index contributed by atoms with van der Waals surface area (Å²) in [6.45, 7) is 2.63. The second kappa shape index (κ2) is 6.34. The standard InChI is InChI=1S/C19H21N5O/c1-22-13-16(11-21-22)19(25)24-8-6-17-18(24)5-7-23(17)12-15-4-2-3-14(9-15)10-20/h2-4,9,11,13,17-18H,5-8,12H2,1H3/t17-,18+/m1/s1. The van der Waals surface area contributed by atoms with Crippen molar-refractivity contribution in [2.24, 2.45) is 7.05 Å². The lowest BCUT2D eigenvalue weighted by atomic mass is 10.1. The predicted molar refractivity (Wildman–Crippen MR) is 92.6 cm³/mol. The van der Waals surface area contributed by atoms with Gasteiger partial charge in [0.25, 0.3) is 5.91 Å². The molecule has 6 nitrogen and oxygen atoms in total. The minimum absolute atomic E-state index is 0.0916. The third-order valence-corrected chi connectivity index (χ3v) is 5.35. The minimum Gasteiger partial charge on any atom is -0.334 e. The Morgan fingerprint density at radius 3 is 2.92 bits per heavy atom. The Balaban J connectivity index is 1.46. The fraction of sp³-hybridized carbons (Fsp3) is 0.421. The Bertz CT molecular complexity index is 836. The van der Waals surface area contributed by atoms with E-state index in [-0.39, 0.29) is 11.9 Å². The number of aryl methyl sites for hydroxylation is 1. The average molecular weight is 335 g/mol. The zero-order valence-electron chi connectivity index (χ0n) is 14.3. The molecule has 2 atom stereocenters. The van der Waals surface area contributed by atoms with Crippen LogP contribution in [-0.2, 0) is 13.6 Å². The second-order valence-corrected chi connectivity index (χ2v) is 6.90. The van der Waals surface area contributed by atoms with Crippen molar-refractivity contribution in [1.82, 2.24) is 19.6 Å². The van der Waals surface area contributed by atoms with Gasteiger partial charge in [0.2, 0.25) is 0 Å². The Morgan fingerprint density at radius 1 is 1.32 bits per heavy atom. The van der Waals surface area contributed by atoms with Gasteiger partial charge in [-0.05, 0) is 30.5 Å². The third kappa shape index (κ3) is 2.92. The van der Waals surface area contributed by atoms with Crippen LogP contribution in [-0.4, -0.2) is 50.7 Å². The third-order valence-electron chi connectivity index (χ3n) is 5.35. The largest absolute Gasteiger partial charge is 0.334 e. The van der Waals surface area contributed by atoms with E-state index in [1.807, 2.05) is 30.1 Å². The van der Waals surface area contributed by atoms with Crippen molar-refractivity contribution < 1.29 is 4.79 Å². The van der Waals surface area contributed by atoms with E-state index in [0.717, 1.165) is 38.0 Å². The van der Waals surface area contributed by atoms with Crippen LogP contribution in [0.5, 0.6) is 0 Å². The lowest BCUT2D eigenvalue weighted by Gasteiger charge is -2.25. The van der Waals surface area contributed by atoms with Crippen LogP contribution in [0.15, 0.2) is 36.7 Å². The van der Waals surface area contributed by atoms with Crippen LogP contribution in [0.3, 0.4) is 0 Å². The number of hydrogen-bond acceptors (Lipinski definition) is 4. The van der Waals surface area contributed by atoms with E-state index in [4.69, 9.17) is 5.26 Å². The van der Waals surface area contributed by atoms with Crippen LogP contribution in [0.2, 0.25) is 0 Å². The number of nitrogens with zero attached hydrogens (tertiary/aromatic N) is 5. The molecule has 0 N–H and O–H groups in total. The highest BCUT2D eigenvalue weighted by Crippen LogP contribution is 2.33. The second-order valence-electron chi connectivity index (χ2n) is 6.90. The van der Waals surface area contributed by atoms with Gasteiger partial charge in [0.1, 0.15) is 0 Å². The van der Waals surface area contributed by atoms with Crippen LogP contribution >= 0.6 is 0 Å². The number of rotatable bonds is 3. The number of aromatic nitrogens is 2. The first-order valence-corrected chi connectivity index (χ1v) is 8.68. The molecule has 2 aliphatic rings. The summed E-state index contributed by atoms with van der Waals surface area (Å²) >= 11 is 0. The van der Waals surface area contributed by atoms with Crippen LogP contribution < -0.4 is 0 Å². The molecule has 4 rings (SSSR count). The molecule has 1 aromatic heterocycles. The van der Waals surface area contributed by atoms with Crippen LogP contribution in [0, 0.1) is 11.3 Å². The van der Waals surface area contributed by atoms with E-state index >= 15 is 0 Å². The lowest BCUT2D eigenvalue weighted by molar-refractivity contribution is 0.0732. The molecule has 25 heavy (non-hydrogen) atoms. The molecule has 0 radical (unpaired) electrons. The van der Waals surface area contributed by atoms with E-state index in [2.05, 4.69) is 22.1 Å². The van der Waals surface area contributed by atoms with Gasteiger partial charge >= 0.3 is 0 Å². The summed E-state index contributed by atoms with van der Waals surface area (Å²) in [5.74, 6) is 0.0916. The fourth-order valence-electron chi connectivity index (χ4n) is 4.20. The number of amides is 1. The molecule has 128 valence electrons. The molecular weight excluding hydrogens is 314 g/mol. The van der Waals surface area contributed by atoms with Gasteiger partial charge in [-0.2, -0.15) is 10.4 Å². The van der Waals surface area contributed by atoms with E-state index < -0.39 is 0 Å². The fourth-order valence-corrected chi connectivity index (χ4v) is 4.20. The molecule has 0 unspecified atom stereocenters. The van der Waals surface area contributed by atoms with Gasteiger partial charge < -0.3 is 4.90 Å². The molecule has 2 aliphatic heterocycles. The summed E-state index contributed by atoms with van der Waals surface area (Å²) in [5.41, 5.74) is 2.54. The van der Waals surface area contributed by atoms with Crippen LogP contribution in [0.1, 0.15) is 34.3 Å². The first-order chi connectivity index (χ1) is 12.2. The van der Waals surface area contributed by atoms with Crippen LogP contribution in [0.4, 0.5) is 0 Å². The molecule has 1 aromatic carbocycles. The highest BCUT2D eigenvalue weighted by atomic mass is 16.2. The highest BCUT2D eigenvalue weighted by Gasteiger charge is 2.44. The molecule has 3 heterocycles. The summed E-state index contributed by atoms with van der Waals surface area (Å²) in [6, 6.07) is 10.7. The lowest BCUT2D eigenvalue weighted by Crippen LogP contribution is -2.39. The quantitative estimate of drug-likeness (QED) is 0.858. The molecule has 0 aliphatic carbocycles. The molecule has 1 amide bonds. The molecule has 0 saturated carbocycles. The monoisotopic (exact) mass is 335 g/mol. The summed E-state index contributed by atoms with van der Waals surface area (Å²) in [7, 11) is 1.83. The summed E-state index contributed by atoms with van der Waals surface area (Å²) in [4.78, 5) is 17.2. The van der Waals surface area contributed by atoms with Gasteiger partial charge in [-0.3, -0.25) is 14.4 Å². The molecular formula is C19H21N5O. The van der Waals surface area contributed by atoms with E-state index in [1.54, 1.807) is 17.1 Å². The maximum Gasteiger partial charge on any atom is 0.257 e. The zero-order chi connectivity index (χ0) is 17.4. The first-order valence-electron chi connectivity index (χ1n) is 8.68. The Kier molecular flexibility index (Phi) is 4.02. The number of carbonyl (C=O) groups is 1. The SMILES string of the molecule is Cn1cc(C(=O)N2CC[C@@H]3[C@@H]2CCN3Cc2cccc(C#N)c2)cn1. The number of benzene rings is 1. The van der Waals surface area contributed by atoms with Gasteiger partial charge in [-0.25, -0.2) is 0 Å². The van der Waals surface area contributed by atoms with Crippen molar-refractivity contribution in [3.63, 3.8) is 0 Å². The number of nitriles is 1. The maximum absolute atomic E-state index is 12.8. The zero-order valence-corrected chi connectivity index (χ0v) is 14.3. The van der Waals surface area contributed by atoms with E-state index in [9.17, 15) is 4.79 Å². The molecule has 0 spiro atoms. The number of fused-ring (bicyclic) bond motifs is 1. The Hall–Kier alpha value is -2.65. The summed E-state index contributed by atoms with van der Waals surface area (Å²) in [5, 5.41) is 13.2. The highest BCUT2D eigenvalue weighted by molar-refractivity contribution is 5.94. The normalized spacial score (nSPS) is 22.8. The van der Waals surface area contributed by atoms with Gasteiger partial charge in [0.05, 0.1) is 23.4 Å². The Morgan fingerprint density at radius 2 is 2.16 bits per heavy atom. The molecule has 2 saturated heterocycles. The van der Waals surface area contributed by atoms with Gasteiger partial charge in [-0.1, -0.05) is 12.1 Å². The van der Waals surface area contributed by atoms with Crippen molar-refractivity contribution in [3.05, 3.63) is 53.3 Å². The molecule has 6 heteroatoms. The van der Waals surface area contributed by atoms with Crippen molar-refractivity contribution >= 4 is 5.91 Å². The maximum atomic E-state index is 12.8. The van der Waals surface area contributed by atoms with E-state index in [0.29, 0.717) is 17.2 Å². The summed E-state index contributed by atoms with van der Waals surface area (Å²) < 4.78 is 1.67. The van der Waals surface area contributed by atoms with E-state index in [1.165, 1.54) is 0 Å². The average Bonchev–Trinajstić information content (AvgIpc) is 3.32. The van der Waals surface area contributed by atoms with Gasteiger partial charge in [-0.15, -0.1) is 0 Å². The van der Waals surface area contributed by atoms with Gasteiger partial charge in [0.15, 0.2) is 0 Å². The number of hydrogen-bond donors (Lipinski definition) is 0. The van der Waals surface area contributed by atoms with Crippen LogP contribution in [0.25, 0.3) is 0 Å². The minimum atomic E-state index is 0.0916. The Labute approximate surface area is 147 Å². The van der Waals surface area contributed by atoms with Crippen molar-refractivity contribution in [2.45, 2.75) is 31.5 Å². The predicted octanol–water partition coefficient (Wildman–Crippen LogP) is 1.78. The molecule has 2 aromatic rings. The number of likely N-dealkylation sites (tertiary alicyclic amines) is 2. The van der Waals surface area contributed by atoms with Crippen molar-refractivity contribution in [3.8, 4) is 6.07 Å². The van der Waals surface area contributed by atoms with Gasteiger partial charge in [0, 0.05) is 45.0 Å².